The lowest BCUT2D eigenvalue weighted by Crippen LogP contribution is -2.29. The number of aromatic nitrogens is 2. The Hall–Kier alpha value is -2.43. The predicted molar refractivity (Wildman–Crippen MR) is 89.8 cm³/mol. The molecule has 1 saturated carbocycles. The van der Waals surface area contributed by atoms with Gasteiger partial charge in [0.1, 0.15) is 0 Å². The quantitative estimate of drug-likeness (QED) is 0.945. The van der Waals surface area contributed by atoms with Crippen LogP contribution in [0.5, 0.6) is 0 Å². The van der Waals surface area contributed by atoms with Crippen LogP contribution in [0, 0.1) is 5.92 Å². The van der Waals surface area contributed by atoms with Crippen molar-refractivity contribution in [1.82, 2.24) is 10.2 Å². The molecule has 2 heterocycles. The van der Waals surface area contributed by atoms with Crippen LogP contribution in [0.4, 0.5) is 17.3 Å². The molecule has 0 bridgehead atoms. The number of benzene rings is 1. The molecule has 5 nitrogen and oxygen atoms in total. The number of carbonyl (C=O) groups excluding carboxylic acids is 1. The molecule has 23 heavy (non-hydrogen) atoms. The summed E-state index contributed by atoms with van der Waals surface area (Å²) in [6.07, 6.45) is 5.34. The van der Waals surface area contributed by atoms with Gasteiger partial charge in [0, 0.05) is 18.2 Å². The standard InChI is InChI=1S/C18H20N4O/c23-18(14-6-3-7-14)19-16-10-11-17(21-20-16)22-12-4-8-13-5-1-2-9-15(13)22/h1-2,5,9-11,14H,3-4,6-8,12H2,(H,19,20,23). The normalized spacial score (nSPS) is 17.3. The van der Waals surface area contributed by atoms with Crippen LogP contribution in [0.2, 0.25) is 0 Å². The average molecular weight is 308 g/mol. The zero-order chi connectivity index (χ0) is 15.6. The number of anilines is 3. The van der Waals surface area contributed by atoms with Crippen molar-refractivity contribution < 1.29 is 4.79 Å². The van der Waals surface area contributed by atoms with Gasteiger partial charge in [0.25, 0.3) is 0 Å². The Morgan fingerprint density at radius 3 is 2.70 bits per heavy atom. The van der Waals surface area contributed by atoms with E-state index in [2.05, 4.69) is 44.7 Å². The minimum atomic E-state index is 0.0709. The van der Waals surface area contributed by atoms with Crippen molar-refractivity contribution in [3.63, 3.8) is 0 Å². The van der Waals surface area contributed by atoms with Gasteiger partial charge >= 0.3 is 0 Å². The van der Waals surface area contributed by atoms with E-state index in [1.807, 2.05) is 12.1 Å². The van der Waals surface area contributed by atoms with Crippen molar-refractivity contribution in [1.29, 1.82) is 0 Å². The first-order valence-electron chi connectivity index (χ1n) is 8.31. The highest BCUT2D eigenvalue weighted by Crippen LogP contribution is 2.32. The van der Waals surface area contributed by atoms with Gasteiger partial charge in [-0.2, -0.15) is 0 Å². The Morgan fingerprint density at radius 2 is 1.96 bits per heavy atom. The number of rotatable bonds is 3. The van der Waals surface area contributed by atoms with Crippen LogP contribution in [0.15, 0.2) is 36.4 Å². The summed E-state index contributed by atoms with van der Waals surface area (Å²) in [5.74, 6) is 1.60. The summed E-state index contributed by atoms with van der Waals surface area (Å²) in [5.41, 5.74) is 2.56. The zero-order valence-electron chi connectivity index (χ0n) is 13.0. The third-order valence-electron chi connectivity index (χ3n) is 4.76. The molecule has 2 aromatic rings. The summed E-state index contributed by atoms with van der Waals surface area (Å²) in [4.78, 5) is 14.2. The zero-order valence-corrected chi connectivity index (χ0v) is 13.0. The number of aryl methyl sites for hydroxylation is 1. The van der Waals surface area contributed by atoms with E-state index in [0.29, 0.717) is 5.82 Å². The fourth-order valence-electron chi connectivity index (χ4n) is 3.21. The molecule has 1 aromatic heterocycles. The van der Waals surface area contributed by atoms with Gasteiger partial charge in [-0.05, 0) is 49.4 Å². The van der Waals surface area contributed by atoms with Gasteiger partial charge in [0.15, 0.2) is 11.6 Å². The van der Waals surface area contributed by atoms with Gasteiger partial charge < -0.3 is 10.2 Å². The van der Waals surface area contributed by atoms with E-state index in [4.69, 9.17) is 0 Å². The van der Waals surface area contributed by atoms with Crippen LogP contribution in [-0.4, -0.2) is 22.6 Å². The monoisotopic (exact) mass is 308 g/mol. The molecular formula is C18H20N4O. The maximum Gasteiger partial charge on any atom is 0.228 e. The molecule has 0 radical (unpaired) electrons. The molecule has 1 fully saturated rings. The first-order valence-corrected chi connectivity index (χ1v) is 8.31. The Balaban J connectivity index is 1.51. The SMILES string of the molecule is O=C(Nc1ccc(N2CCCc3ccccc32)nn1)C1CCC1. The number of nitrogens with one attached hydrogen (secondary N) is 1. The molecule has 0 atom stereocenters. The summed E-state index contributed by atoms with van der Waals surface area (Å²) in [6.45, 7) is 0.944. The van der Waals surface area contributed by atoms with Gasteiger partial charge in [-0.1, -0.05) is 24.6 Å². The van der Waals surface area contributed by atoms with Crippen molar-refractivity contribution in [2.75, 3.05) is 16.8 Å². The van der Waals surface area contributed by atoms with E-state index >= 15 is 0 Å². The second-order valence-electron chi connectivity index (χ2n) is 6.28. The number of hydrogen-bond acceptors (Lipinski definition) is 4. The summed E-state index contributed by atoms with van der Waals surface area (Å²) >= 11 is 0. The minimum Gasteiger partial charge on any atom is -0.325 e. The Morgan fingerprint density at radius 1 is 1.09 bits per heavy atom. The summed E-state index contributed by atoms with van der Waals surface area (Å²) < 4.78 is 0. The molecule has 0 unspecified atom stereocenters. The highest BCUT2D eigenvalue weighted by molar-refractivity contribution is 5.92. The molecule has 1 aromatic carbocycles. The number of hydrogen-bond donors (Lipinski definition) is 1. The summed E-state index contributed by atoms with van der Waals surface area (Å²) in [5, 5.41) is 11.4. The summed E-state index contributed by atoms with van der Waals surface area (Å²) in [7, 11) is 0. The lowest BCUT2D eigenvalue weighted by atomic mass is 9.85. The van der Waals surface area contributed by atoms with Crippen LogP contribution in [-0.2, 0) is 11.2 Å². The van der Waals surface area contributed by atoms with Gasteiger partial charge in [-0.3, -0.25) is 4.79 Å². The molecule has 1 aliphatic heterocycles. The van der Waals surface area contributed by atoms with E-state index < -0.39 is 0 Å². The number of para-hydroxylation sites is 1. The van der Waals surface area contributed by atoms with Crippen LogP contribution >= 0.6 is 0 Å². The fourth-order valence-corrected chi connectivity index (χ4v) is 3.21. The molecule has 4 rings (SSSR count). The Kier molecular flexibility index (Phi) is 3.69. The van der Waals surface area contributed by atoms with Crippen molar-refractivity contribution in [3.8, 4) is 0 Å². The van der Waals surface area contributed by atoms with Gasteiger partial charge in [-0.25, -0.2) is 0 Å². The molecule has 1 N–H and O–H groups in total. The lowest BCUT2D eigenvalue weighted by molar-refractivity contribution is -0.122. The number of amides is 1. The molecule has 118 valence electrons. The molecular weight excluding hydrogens is 288 g/mol. The Bertz CT molecular complexity index is 709. The van der Waals surface area contributed by atoms with Crippen LogP contribution in [0.3, 0.4) is 0 Å². The molecule has 1 amide bonds. The fraction of sp³-hybridized carbons (Fsp3) is 0.389. The van der Waals surface area contributed by atoms with Gasteiger partial charge in [-0.15, -0.1) is 10.2 Å². The van der Waals surface area contributed by atoms with E-state index in [0.717, 1.165) is 44.5 Å². The summed E-state index contributed by atoms with van der Waals surface area (Å²) in [6, 6.07) is 12.2. The van der Waals surface area contributed by atoms with Crippen molar-refractivity contribution in [2.45, 2.75) is 32.1 Å². The predicted octanol–water partition coefficient (Wildman–Crippen LogP) is 3.30. The second-order valence-corrected chi connectivity index (χ2v) is 6.28. The van der Waals surface area contributed by atoms with Crippen LogP contribution < -0.4 is 10.2 Å². The second kappa shape index (κ2) is 5.99. The number of fused-ring (bicyclic) bond motifs is 1. The van der Waals surface area contributed by atoms with E-state index in [9.17, 15) is 4.79 Å². The van der Waals surface area contributed by atoms with E-state index in [-0.39, 0.29) is 11.8 Å². The van der Waals surface area contributed by atoms with Gasteiger partial charge in [0.05, 0.1) is 0 Å². The first-order chi connectivity index (χ1) is 11.3. The molecule has 0 spiro atoms. The number of carbonyl (C=O) groups is 1. The largest absolute Gasteiger partial charge is 0.325 e. The highest BCUT2D eigenvalue weighted by Gasteiger charge is 2.25. The maximum atomic E-state index is 12.0. The first kappa shape index (κ1) is 14.2. The average Bonchev–Trinajstić information content (AvgIpc) is 2.53. The molecule has 2 aliphatic rings. The van der Waals surface area contributed by atoms with Crippen molar-refractivity contribution >= 4 is 23.2 Å². The molecule has 0 saturated heterocycles. The van der Waals surface area contributed by atoms with Crippen LogP contribution in [0.25, 0.3) is 0 Å². The maximum absolute atomic E-state index is 12.0. The molecule has 1 aliphatic carbocycles. The highest BCUT2D eigenvalue weighted by atomic mass is 16.2. The lowest BCUT2D eigenvalue weighted by Gasteiger charge is -2.30. The third-order valence-corrected chi connectivity index (χ3v) is 4.76. The Labute approximate surface area is 135 Å². The number of nitrogens with zero attached hydrogens (tertiary/aromatic N) is 3. The van der Waals surface area contributed by atoms with Crippen molar-refractivity contribution in [2.24, 2.45) is 5.92 Å². The third kappa shape index (κ3) is 2.79. The topological polar surface area (TPSA) is 58.1 Å². The minimum absolute atomic E-state index is 0.0709. The van der Waals surface area contributed by atoms with E-state index in [1.165, 1.54) is 11.3 Å². The van der Waals surface area contributed by atoms with Crippen molar-refractivity contribution in [3.05, 3.63) is 42.0 Å². The molecule has 5 heteroatoms. The van der Waals surface area contributed by atoms with E-state index in [1.54, 1.807) is 0 Å². The smallest absolute Gasteiger partial charge is 0.228 e. The van der Waals surface area contributed by atoms with Gasteiger partial charge in [0.2, 0.25) is 5.91 Å². The van der Waals surface area contributed by atoms with Crippen LogP contribution in [0.1, 0.15) is 31.2 Å².